The maximum atomic E-state index is 13.1. The minimum atomic E-state index is -0.147. The van der Waals surface area contributed by atoms with Crippen LogP contribution in [0.25, 0.3) is 0 Å². The van der Waals surface area contributed by atoms with Gasteiger partial charge in [-0.3, -0.25) is 0 Å². The number of nitrogens with one attached hydrogen (secondary N) is 1. The van der Waals surface area contributed by atoms with Crippen LogP contribution in [0.3, 0.4) is 0 Å². The van der Waals surface area contributed by atoms with Crippen LogP contribution in [-0.2, 0) is 6.42 Å². The molecule has 0 spiro atoms. The summed E-state index contributed by atoms with van der Waals surface area (Å²) < 4.78 is 18.1. The monoisotopic (exact) mass is 275 g/mol. The van der Waals surface area contributed by atoms with Gasteiger partial charge < -0.3 is 9.84 Å². The van der Waals surface area contributed by atoms with Gasteiger partial charge in [0.15, 0.2) is 5.82 Å². The Kier molecular flexibility index (Phi) is 3.78. The van der Waals surface area contributed by atoms with E-state index in [2.05, 4.69) is 15.5 Å². The summed E-state index contributed by atoms with van der Waals surface area (Å²) in [5.74, 6) is 1.69. The van der Waals surface area contributed by atoms with Gasteiger partial charge in [0, 0.05) is 25.9 Å². The van der Waals surface area contributed by atoms with Gasteiger partial charge in [-0.2, -0.15) is 4.98 Å². The zero-order valence-corrected chi connectivity index (χ0v) is 11.5. The van der Waals surface area contributed by atoms with Crippen molar-refractivity contribution < 1.29 is 8.91 Å². The molecule has 0 unspecified atom stereocenters. The molecule has 5 heteroatoms. The van der Waals surface area contributed by atoms with E-state index in [0.717, 1.165) is 37.2 Å². The van der Waals surface area contributed by atoms with Crippen molar-refractivity contribution in [2.75, 3.05) is 6.54 Å². The average molecular weight is 275 g/mol. The molecule has 0 aliphatic heterocycles. The quantitative estimate of drug-likeness (QED) is 0.911. The Hall–Kier alpha value is -1.75. The standard InChI is InChI=1S/C15H18FN3O/c1-10-18-15(19-20-10)5-6-17-14-8-12(9-14)11-3-2-4-13(16)7-11/h2-4,7,12,14,17H,5-6,8-9H2,1H3. The summed E-state index contributed by atoms with van der Waals surface area (Å²) in [6, 6.07) is 7.43. The molecule has 0 saturated heterocycles. The van der Waals surface area contributed by atoms with Crippen LogP contribution < -0.4 is 5.32 Å². The molecule has 1 aromatic carbocycles. The number of benzene rings is 1. The molecule has 2 aromatic rings. The predicted octanol–water partition coefficient (Wildman–Crippen LogP) is 2.60. The number of nitrogens with zero attached hydrogens (tertiary/aromatic N) is 2. The summed E-state index contributed by atoms with van der Waals surface area (Å²) >= 11 is 0. The molecule has 0 bridgehead atoms. The molecule has 0 radical (unpaired) electrons. The number of aromatic nitrogens is 2. The highest BCUT2D eigenvalue weighted by molar-refractivity contribution is 5.23. The van der Waals surface area contributed by atoms with Gasteiger partial charge in [-0.05, 0) is 36.5 Å². The Morgan fingerprint density at radius 3 is 2.95 bits per heavy atom. The highest BCUT2D eigenvalue weighted by atomic mass is 19.1. The second-order valence-corrected chi connectivity index (χ2v) is 5.35. The van der Waals surface area contributed by atoms with Gasteiger partial charge in [0.1, 0.15) is 5.82 Å². The van der Waals surface area contributed by atoms with Crippen molar-refractivity contribution in [2.24, 2.45) is 0 Å². The van der Waals surface area contributed by atoms with Gasteiger partial charge in [-0.25, -0.2) is 4.39 Å². The molecule has 0 atom stereocenters. The van der Waals surface area contributed by atoms with Crippen LogP contribution >= 0.6 is 0 Å². The Morgan fingerprint density at radius 2 is 2.25 bits per heavy atom. The van der Waals surface area contributed by atoms with E-state index >= 15 is 0 Å². The molecule has 106 valence electrons. The van der Waals surface area contributed by atoms with Crippen LogP contribution in [0.1, 0.15) is 36.0 Å². The van der Waals surface area contributed by atoms with E-state index < -0.39 is 0 Å². The molecule has 1 fully saturated rings. The van der Waals surface area contributed by atoms with Gasteiger partial charge in [0.25, 0.3) is 0 Å². The lowest BCUT2D eigenvalue weighted by Gasteiger charge is -2.36. The lowest BCUT2D eigenvalue weighted by molar-refractivity contribution is 0.291. The van der Waals surface area contributed by atoms with Gasteiger partial charge in [0.05, 0.1) is 0 Å². The largest absolute Gasteiger partial charge is 0.340 e. The third-order valence-electron chi connectivity index (χ3n) is 3.81. The van der Waals surface area contributed by atoms with E-state index in [9.17, 15) is 4.39 Å². The van der Waals surface area contributed by atoms with E-state index in [0.29, 0.717) is 17.9 Å². The first-order valence-electron chi connectivity index (χ1n) is 6.99. The van der Waals surface area contributed by atoms with Gasteiger partial charge in [-0.1, -0.05) is 17.3 Å². The maximum absolute atomic E-state index is 13.1. The number of aryl methyl sites for hydroxylation is 1. The number of hydrogen-bond acceptors (Lipinski definition) is 4. The molecule has 1 aromatic heterocycles. The average Bonchev–Trinajstić information content (AvgIpc) is 2.78. The summed E-state index contributed by atoms with van der Waals surface area (Å²) in [5, 5.41) is 7.34. The minimum Gasteiger partial charge on any atom is -0.340 e. The van der Waals surface area contributed by atoms with Crippen molar-refractivity contribution in [3.8, 4) is 0 Å². The van der Waals surface area contributed by atoms with E-state index in [-0.39, 0.29) is 5.82 Å². The van der Waals surface area contributed by atoms with E-state index in [4.69, 9.17) is 4.52 Å². The highest BCUT2D eigenvalue weighted by Gasteiger charge is 2.29. The molecule has 0 amide bonds. The summed E-state index contributed by atoms with van der Waals surface area (Å²) in [6.07, 6.45) is 2.90. The van der Waals surface area contributed by atoms with E-state index in [1.807, 2.05) is 6.07 Å². The number of hydrogen-bond donors (Lipinski definition) is 1. The Morgan fingerprint density at radius 1 is 1.40 bits per heavy atom. The second-order valence-electron chi connectivity index (χ2n) is 5.35. The molecule has 20 heavy (non-hydrogen) atoms. The molecule has 1 aliphatic rings. The van der Waals surface area contributed by atoms with Crippen molar-refractivity contribution in [2.45, 2.75) is 38.1 Å². The predicted molar refractivity (Wildman–Crippen MR) is 72.9 cm³/mol. The van der Waals surface area contributed by atoms with Crippen molar-refractivity contribution >= 4 is 0 Å². The smallest absolute Gasteiger partial charge is 0.223 e. The van der Waals surface area contributed by atoms with Crippen LogP contribution in [0.15, 0.2) is 28.8 Å². The summed E-state index contributed by atoms with van der Waals surface area (Å²) in [4.78, 5) is 4.16. The van der Waals surface area contributed by atoms with E-state index in [1.165, 1.54) is 6.07 Å². The zero-order valence-electron chi connectivity index (χ0n) is 11.5. The third kappa shape index (κ3) is 3.04. The third-order valence-corrected chi connectivity index (χ3v) is 3.81. The normalized spacial score (nSPS) is 21.7. The van der Waals surface area contributed by atoms with Crippen LogP contribution in [0, 0.1) is 12.7 Å². The van der Waals surface area contributed by atoms with Gasteiger partial charge in [-0.15, -0.1) is 0 Å². The number of halogens is 1. The van der Waals surface area contributed by atoms with Crippen LogP contribution in [-0.4, -0.2) is 22.7 Å². The van der Waals surface area contributed by atoms with E-state index in [1.54, 1.807) is 19.1 Å². The first-order valence-corrected chi connectivity index (χ1v) is 6.99. The van der Waals surface area contributed by atoms with Gasteiger partial charge in [0.2, 0.25) is 5.89 Å². The lowest BCUT2D eigenvalue weighted by Crippen LogP contribution is -2.41. The lowest BCUT2D eigenvalue weighted by atomic mass is 9.76. The summed E-state index contributed by atoms with van der Waals surface area (Å²) in [5.41, 5.74) is 1.11. The molecular formula is C15H18FN3O. The van der Waals surface area contributed by atoms with Crippen LogP contribution in [0.5, 0.6) is 0 Å². The fourth-order valence-corrected chi connectivity index (χ4v) is 2.65. The topological polar surface area (TPSA) is 51.0 Å². The first-order chi connectivity index (χ1) is 9.70. The van der Waals surface area contributed by atoms with Crippen molar-refractivity contribution in [1.29, 1.82) is 0 Å². The molecule has 1 aliphatic carbocycles. The maximum Gasteiger partial charge on any atom is 0.223 e. The van der Waals surface area contributed by atoms with Crippen molar-refractivity contribution in [3.05, 3.63) is 47.4 Å². The Bertz CT molecular complexity index is 578. The Labute approximate surface area is 117 Å². The molecule has 1 saturated carbocycles. The molecule has 1 heterocycles. The van der Waals surface area contributed by atoms with Crippen LogP contribution in [0.4, 0.5) is 4.39 Å². The summed E-state index contributed by atoms with van der Waals surface area (Å²) in [6.45, 7) is 2.64. The Balaban J connectivity index is 1.40. The fourth-order valence-electron chi connectivity index (χ4n) is 2.65. The minimum absolute atomic E-state index is 0.147. The van der Waals surface area contributed by atoms with Gasteiger partial charge >= 0.3 is 0 Å². The second kappa shape index (κ2) is 5.71. The van der Waals surface area contributed by atoms with Crippen LogP contribution in [0.2, 0.25) is 0 Å². The first kappa shape index (κ1) is 13.2. The highest BCUT2D eigenvalue weighted by Crippen LogP contribution is 2.36. The number of rotatable bonds is 5. The SMILES string of the molecule is Cc1nc(CCNC2CC(c3cccc(F)c3)C2)no1. The van der Waals surface area contributed by atoms with Crippen molar-refractivity contribution in [3.63, 3.8) is 0 Å². The fraction of sp³-hybridized carbons (Fsp3) is 0.467. The molecule has 1 N–H and O–H groups in total. The van der Waals surface area contributed by atoms with Crippen molar-refractivity contribution in [1.82, 2.24) is 15.5 Å². The molecular weight excluding hydrogens is 257 g/mol. The zero-order chi connectivity index (χ0) is 13.9. The summed E-state index contributed by atoms with van der Waals surface area (Å²) in [7, 11) is 0. The molecule has 4 nitrogen and oxygen atoms in total. The molecule has 3 rings (SSSR count).